The zero-order valence-corrected chi connectivity index (χ0v) is 15.1. The Morgan fingerprint density at radius 2 is 1.76 bits per heavy atom. The van der Waals surface area contributed by atoms with Gasteiger partial charge in [0.05, 0.1) is 12.8 Å². The van der Waals surface area contributed by atoms with Crippen LogP contribution in [0, 0.1) is 0 Å². The van der Waals surface area contributed by atoms with E-state index in [4.69, 9.17) is 0 Å². The number of piperazine rings is 1. The third-order valence-electron chi connectivity index (χ3n) is 4.87. The SMILES string of the molecule is CS(=O)(=O)N1CCN(C(=O)CN2C[C@@H](c3ccccc3)CC2=O)CC1. The molecule has 2 saturated heterocycles. The summed E-state index contributed by atoms with van der Waals surface area (Å²) >= 11 is 0. The molecule has 1 aromatic carbocycles. The number of carbonyl (C=O) groups excluding carboxylic acids is 2. The van der Waals surface area contributed by atoms with Crippen LogP contribution in [0.15, 0.2) is 30.3 Å². The molecule has 0 radical (unpaired) electrons. The molecule has 0 unspecified atom stereocenters. The third-order valence-corrected chi connectivity index (χ3v) is 6.18. The fourth-order valence-corrected chi connectivity index (χ4v) is 4.23. The lowest BCUT2D eigenvalue weighted by molar-refractivity contribution is -0.139. The van der Waals surface area contributed by atoms with Crippen molar-refractivity contribution in [3.8, 4) is 0 Å². The zero-order valence-electron chi connectivity index (χ0n) is 14.3. The topological polar surface area (TPSA) is 78.0 Å². The Bertz CT molecular complexity index is 742. The Hall–Kier alpha value is -1.93. The van der Waals surface area contributed by atoms with E-state index in [0.29, 0.717) is 39.1 Å². The summed E-state index contributed by atoms with van der Waals surface area (Å²) in [4.78, 5) is 27.9. The molecule has 0 spiro atoms. The van der Waals surface area contributed by atoms with Crippen molar-refractivity contribution in [2.45, 2.75) is 12.3 Å². The van der Waals surface area contributed by atoms with Crippen molar-refractivity contribution in [1.29, 1.82) is 0 Å². The Labute approximate surface area is 148 Å². The molecule has 8 heteroatoms. The monoisotopic (exact) mass is 365 g/mol. The molecule has 2 aliphatic rings. The van der Waals surface area contributed by atoms with Gasteiger partial charge >= 0.3 is 0 Å². The molecule has 2 aliphatic heterocycles. The Kier molecular flexibility index (Phi) is 5.10. The van der Waals surface area contributed by atoms with E-state index in [0.717, 1.165) is 5.56 Å². The molecule has 0 saturated carbocycles. The van der Waals surface area contributed by atoms with E-state index in [9.17, 15) is 18.0 Å². The summed E-state index contributed by atoms with van der Waals surface area (Å²) in [5.41, 5.74) is 1.12. The highest BCUT2D eigenvalue weighted by Crippen LogP contribution is 2.27. The minimum absolute atomic E-state index is 0.00280. The van der Waals surface area contributed by atoms with Gasteiger partial charge in [-0.2, -0.15) is 4.31 Å². The van der Waals surface area contributed by atoms with Gasteiger partial charge in [-0.15, -0.1) is 0 Å². The number of likely N-dealkylation sites (tertiary alicyclic amines) is 1. The second-order valence-electron chi connectivity index (χ2n) is 6.63. The number of hydrogen-bond acceptors (Lipinski definition) is 4. The van der Waals surface area contributed by atoms with Gasteiger partial charge in [0.2, 0.25) is 21.8 Å². The molecule has 2 fully saturated rings. The number of rotatable bonds is 4. The lowest BCUT2D eigenvalue weighted by Gasteiger charge is -2.34. The smallest absolute Gasteiger partial charge is 0.242 e. The molecule has 136 valence electrons. The number of carbonyl (C=O) groups is 2. The van der Waals surface area contributed by atoms with Crippen LogP contribution >= 0.6 is 0 Å². The minimum atomic E-state index is -3.21. The van der Waals surface area contributed by atoms with Gasteiger partial charge in [-0.3, -0.25) is 9.59 Å². The van der Waals surface area contributed by atoms with E-state index in [-0.39, 0.29) is 24.3 Å². The van der Waals surface area contributed by atoms with Crippen molar-refractivity contribution in [2.24, 2.45) is 0 Å². The average molecular weight is 365 g/mol. The standard InChI is InChI=1S/C17H23N3O4S/c1-25(23,24)20-9-7-18(8-10-20)17(22)13-19-12-15(11-16(19)21)14-5-3-2-4-6-14/h2-6,15H,7-13H2,1H3/t15-/m0/s1. The molecular formula is C17H23N3O4S. The van der Waals surface area contributed by atoms with Crippen LogP contribution in [-0.2, 0) is 19.6 Å². The molecule has 2 heterocycles. The van der Waals surface area contributed by atoms with Gasteiger partial charge < -0.3 is 9.80 Å². The quantitative estimate of drug-likeness (QED) is 0.759. The molecule has 0 aromatic heterocycles. The first-order chi connectivity index (χ1) is 11.8. The van der Waals surface area contributed by atoms with Gasteiger partial charge in [-0.1, -0.05) is 30.3 Å². The second kappa shape index (κ2) is 7.13. The van der Waals surface area contributed by atoms with Crippen LogP contribution in [-0.4, -0.2) is 79.9 Å². The molecule has 0 N–H and O–H groups in total. The predicted octanol–water partition coefficient (Wildman–Crippen LogP) is 0.106. The van der Waals surface area contributed by atoms with E-state index in [1.54, 1.807) is 9.80 Å². The van der Waals surface area contributed by atoms with E-state index < -0.39 is 10.0 Å². The number of hydrogen-bond donors (Lipinski definition) is 0. The van der Waals surface area contributed by atoms with Crippen molar-refractivity contribution in [3.63, 3.8) is 0 Å². The maximum absolute atomic E-state index is 12.5. The summed E-state index contributed by atoms with van der Waals surface area (Å²) in [6.07, 6.45) is 1.61. The third kappa shape index (κ3) is 4.19. The molecule has 0 aliphatic carbocycles. The Balaban J connectivity index is 1.54. The minimum Gasteiger partial charge on any atom is -0.339 e. The lowest BCUT2D eigenvalue weighted by Crippen LogP contribution is -2.52. The van der Waals surface area contributed by atoms with Gasteiger partial charge in [-0.05, 0) is 5.56 Å². The van der Waals surface area contributed by atoms with E-state index in [1.807, 2.05) is 30.3 Å². The molecule has 0 bridgehead atoms. The Morgan fingerprint density at radius 3 is 2.36 bits per heavy atom. The van der Waals surface area contributed by atoms with Crippen LogP contribution in [0.1, 0.15) is 17.9 Å². The van der Waals surface area contributed by atoms with Crippen molar-refractivity contribution in [3.05, 3.63) is 35.9 Å². The molecule has 1 aromatic rings. The highest BCUT2D eigenvalue weighted by Gasteiger charge is 2.33. The first kappa shape index (κ1) is 17.9. The van der Waals surface area contributed by atoms with Crippen molar-refractivity contribution in [1.82, 2.24) is 14.1 Å². The number of amides is 2. The van der Waals surface area contributed by atoms with Gasteiger partial charge in [0, 0.05) is 45.1 Å². The lowest BCUT2D eigenvalue weighted by atomic mass is 9.99. The van der Waals surface area contributed by atoms with Crippen LogP contribution in [0.3, 0.4) is 0 Å². The molecule has 1 atom stereocenters. The van der Waals surface area contributed by atoms with Gasteiger partial charge in [0.1, 0.15) is 0 Å². The highest BCUT2D eigenvalue weighted by atomic mass is 32.2. The number of nitrogens with zero attached hydrogens (tertiary/aromatic N) is 3. The van der Waals surface area contributed by atoms with Gasteiger partial charge in [-0.25, -0.2) is 8.42 Å². The summed E-state index contributed by atoms with van der Waals surface area (Å²) in [6.45, 7) is 1.99. The largest absolute Gasteiger partial charge is 0.339 e. The molecule has 2 amide bonds. The summed E-state index contributed by atoms with van der Waals surface area (Å²) < 4.78 is 24.4. The van der Waals surface area contributed by atoms with Gasteiger partial charge in [0.25, 0.3) is 0 Å². The van der Waals surface area contributed by atoms with Crippen LogP contribution < -0.4 is 0 Å². The van der Waals surface area contributed by atoms with E-state index >= 15 is 0 Å². The van der Waals surface area contributed by atoms with Crippen LogP contribution in [0.4, 0.5) is 0 Å². The first-order valence-corrected chi connectivity index (χ1v) is 10.2. The molecule has 3 rings (SSSR count). The second-order valence-corrected chi connectivity index (χ2v) is 8.61. The highest BCUT2D eigenvalue weighted by molar-refractivity contribution is 7.88. The van der Waals surface area contributed by atoms with Crippen molar-refractivity contribution >= 4 is 21.8 Å². The Morgan fingerprint density at radius 1 is 1.12 bits per heavy atom. The maximum atomic E-state index is 12.5. The number of benzene rings is 1. The van der Waals surface area contributed by atoms with E-state index in [2.05, 4.69) is 0 Å². The van der Waals surface area contributed by atoms with Gasteiger partial charge in [0.15, 0.2) is 0 Å². The fourth-order valence-electron chi connectivity index (χ4n) is 3.41. The van der Waals surface area contributed by atoms with E-state index in [1.165, 1.54) is 10.6 Å². The summed E-state index contributed by atoms with van der Waals surface area (Å²) in [7, 11) is -3.21. The van der Waals surface area contributed by atoms with Crippen LogP contribution in [0.5, 0.6) is 0 Å². The zero-order chi connectivity index (χ0) is 18.0. The van der Waals surface area contributed by atoms with Crippen LogP contribution in [0.2, 0.25) is 0 Å². The molecule has 25 heavy (non-hydrogen) atoms. The van der Waals surface area contributed by atoms with Crippen molar-refractivity contribution in [2.75, 3.05) is 45.5 Å². The maximum Gasteiger partial charge on any atom is 0.242 e. The van der Waals surface area contributed by atoms with Crippen LogP contribution in [0.25, 0.3) is 0 Å². The molecular weight excluding hydrogens is 342 g/mol. The first-order valence-electron chi connectivity index (χ1n) is 8.40. The summed E-state index contributed by atoms with van der Waals surface area (Å²) in [6, 6.07) is 9.86. The fraction of sp³-hybridized carbons (Fsp3) is 0.529. The molecule has 7 nitrogen and oxygen atoms in total. The number of sulfonamides is 1. The predicted molar refractivity (Wildman–Crippen MR) is 93.4 cm³/mol. The normalized spacial score (nSPS) is 22.4. The average Bonchev–Trinajstić information content (AvgIpc) is 2.96. The summed E-state index contributed by atoms with van der Waals surface area (Å²) in [5, 5.41) is 0. The summed E-state index contributed by atoms with van der Waals surface area (Å²) in [5.74, 6) is 0.00997. The van der Waals surface area contributed by atoms with Crippen molar-refractivity contribution < 1.29 is 18.0 Å².